The van der Waals surface area contributed by atoms with E-state index in [0.717, 1.165) is 37.2 Å². The summed E-state index contributed by atoms with van der Waals surface area (Å²) in [6.45, 7) is 2.29. The van der Waals surface area contributed by atoms with E-state index in [1.165, 1.54) is 12.8 Å². The first-order valence-corrected chi connectivity index (χ1v) is 6.93. The number of carbonyl (C=O) groups is 1. The predicted molar refractivity (Wildman–Crippen MR) is 76.2 cm³/mol. The summed E-state index contributed by atoms with van der Waals surface area (Å²) in [5.74, 6) is 0. The molecule has 0 aromatic heterocycles. The Kier molecular flexibility index (Phi) is 5.21. The first-order chi connectivity index (χ1) is 9.29. The number of nitrogens with zero attached hydrogens (tertiary/aromatic N) is 1. The maximum atomic E-state index is 12.2. The normalized spacial score (nSPS) is 15.9. The summed E-state index contributed by atoms with van der Waals surface area (Å²) in [5, 5.41) is 2.97. The average molecular weight is 262 g/mol. The van der Waals surface area contributed by atoms with Crippen LogP contribution in [0.2, 0.25) is 0 Å². The van der Waals surface area contributed by atoms with Gasteiger partial charge in [0.2, 0.25) is 0 Å². The average Bonchev–Trinajstić information content (AvgIpc) is 2.68. The van der Waals surface area contributed by atoms with Gasteiger partial charge in [0, 0.05) is 25.9 Å². The van der Waals surface area contributed by atoms with Crippen LogP contribution < -0.4 is 5.32 Å². The van der Waals surface area contributed by atoms with Crippen LogP contribution in [0, 0.1) is 0 Å². The molecule has 2 amide bonds. The molecular formula is C15H22N2O2. The van der Waals surface area contributed by atoms with Gasteiger partial charge in [0.05, 0.1) is 6.61 Å². The van der Waals surface area contributed by atoms with E-state index in [9.17, 15) is 4.79 Å². The Morgan fingerprint density at radius 2 is 2.00 bits per heavy atom. The van der Waals surface area contributed by atoms with E-state index in [-0.39, 0.29) is 6.03 Å². The van der Waals surface area contributed by atoms with E-state index in [1.807, 2.05) is 29.2 Å². The first-order valence-electron chi connectivity index (χ1n) is 6.93. The second-order valence-electron chi connectivity index (χ2n) is 4.96. The second kappa shape index (κ2) is 7.14. The van der Waals surface area contributed by atoms with Gasteiger partial charge in [-0.1, -0.05) is 25.0 Å². The van der Waals surface area contributed by atoms with Gasteiger partial charge in [-0.05, 0) is 30.5 Å². The zero-order chi connectivity index (χ0) is 13.5. The minimum absolute atomic E-state index is 0.0106. The summed E-state index contributed by atoms with van der Waals surface area (Å²) in [5.41, 5.74) is 1.90. The Hall–Kier alpha value is -1.55. The quantitative estimate of drug-likeness (QED) is 0.908. The van der Waals surface area contributed by atoms with Gasteiger partial charge < -0.3 is 15.0 Å². The third kappa shape index (κ3) is 4.24. The van der Waals surface area contributed by atoms with Crippen LogP contribution in [0.3, 0.4) is 0 Å². The molecule has 0 spiro atoms. The van der Waals surface area contributed by atoms with Crippen molar-refractivity contribution < 1.29 is 9.53 Å². The number of likely N-dealkylation sites (tertiary alicyclic amines) is 1. The number of hydrogen-bond donors (Lipinski definition) is 1. The summed E-state index contributed by atoms with van der Waals surface area (Å²) >= 11 is 0. The third-order valence-electron chi connectivity index (χ3n) is 3.38. The van der Waals surface area contributed by atoms with E-state index >= 15 is 0 Å². The lowest BCUT2D eigenvalue weighted by molar-refractivity contribution is 0.185. The molecule has 1 aliphatic rings. The second-order valence-corrected chi connectivity index (χ2v) is 4.96. The van der Waals surface area contributed by atoms with Crippen molar-refractivity contribution in [3.63, 3.8) is 0 Å². The van der Waals surface area contributed by atoms with Crippen molar-refractivity contribution in [3.8, 4) is 0 Å². The maximum absolute atomic E-state index is 12.2. The number of methoxy groups -OCH3 is 1. The SMILES string of the molecule is COCc1cccc(NC(=O)N2CCCCCC2)c1. The number of amides is 2. The Morgan fingerprint density at radius 3 is 2.68 bits per heavy atom. The molecule has 0 radical (unpaired) electrons. The highest BCUT2D eigenvalue weighted by molar-refractivity contribution is 5.89. The molecule has 0 saturated carbocycles. The lowest BCUT2D eigenvalue weighted by Gasteiger charge is -2.21. The van der Waals surface area contributed by atoms with Crippen molar-refractivity contribution in [1.82, 2.24) is 4.90 Å². The lowest BCUT2D eigenvalue weighted by Crippen LogP contribution is -2.35. The van der Waals surface area contributed by atoms with Crippen LogP contribution in [0.25, 0.3) is 0 Å². The van der Waals surface area contributed by atoms with Crippen molar-refractivity contribution in [1.29, 1.82) is 0 Å². The van der Waals surface area contributed by atoms with E-state index in [0.29, 0.717) is 6.61 Å². The van der Waals surface area contributed by atoms with E-state index < -0.39 is 0 Å². The fourth-order valence-corrected chi connectivity index (χ4v) is 2.38. The van der Waals surface area contributed by atoms with Crippen LogP contribution in [-0.2, 0) is 11.3 Å². The molecule has 1 fully saturated rings. The first kappa shape index (κ1) is 13.9. The zero-order valence-corrected chi connectivity index (χ0v) is 11.5. The molecule has 1 heterocycles. The molecule has 1 aliphatic heterocycles. The molecule has 0 aliphatic carbocycles. The van der Waals surface area contributed by atoms with E-state index in [2.05, 4.69) is 5.32 Å². The standard InChI is InChI=1S/C15H22N2O2/c1-19-12-13-7-6-8-14(11-13)16-15(18)17-9-4-2-3-5-10-17/h6-8,11H,2-5,9-10,12H2,1H3,(H,16,18). The minimum atomic E-state index is 0.0106. The van der Waals surface area contributed by atoms with Gasteiger partial charge in [-0.2, -0.15) is 0 Å². The molecule has 1 N–H and O–H groups in total. The summed E-state index contributed by atoms with van der Waals surface area (Å²) in [6.07, 6.45) is 4.68. The van der Waals surface area contributed by atoms with Crippen LogP contribution in [0.15, 0.2) is 24.3 Å². The number of hydrogen-bond acceptors (Lipinski definition) is 2. The van der Waals surface area contributed by atoms with Crippen molar-refractivity contribution in [3.05, 3.63) is 29.8 Å². The molecule has 1 aromatic rings. The van der Waals surface area contributed by atoms with Crippen LogP contribution in [0.4, 0.5) is 10.5 Å². The molecule has 0 bridgehead atoms. The molecule has 4 nitrogen and oxygen atoms in total. The number of ether oxygens (including phenoxy) is 1. The zero-order valence-electron chi connectivity index (χ0n) is 11.5. The molecule has 1 aromatic carbocycles. The van der Waals surface area contributed by atoms with Gasteiger partial charge in [-0.25, -0.2) is 4.79 Å². The number of nitrogens with one attached hydrogen (secondary N) is 1. The highest BCUT2D eigenvalue weighted by Crippen LogP contribution is 2.14. The van der Waals surface area contributed by atoms with Gasteiger partial charge in [-0.3, -0.25) is 0 Å². The number of carbonyl (C=O) groups excluding carboxylic acids is 1. The van der Waals surface area contributed by atoms with Crippen LogP contribution >= 0.6 is 0 Å². The highest BCUT2D eigenvalue weighted by atomic mass is 16.5. The van der Waals surface area contributed by atoms with Crippen molar-refractivity contribution >= 4 is 11.7 Å². The fraction of sp³-hybridized carbons (Fsp3) is 0.533. The van der Waals surface area contributed by atoms with Crippen molar-refractivity contribution in [2.24, 2.45) is 0 Å². The Balaban J connectivity index is 1.95. The van der Waals surface area contributed by atoms with Crippen molar-refractivity contribution in [2.75, 3.05) is 25.5 Å². The topological polar surface area (TPSA) is 41.6 Å². The molecule has 2 rings (SSSR count). The summed E-state index contributed by atoms with van der Waals surface area (Å²) in [7, 11) is 1.67. The Morgan fingerprint density at radius 1 is 1.26 bits per heavy atom. The monoisotopic (exact) mass is 262 g/mol. The minimum Gasteiger partial charge on any atom is -0.380 e. The molecular weight excluding hydrogens is 240 g/mol. The van der Waals surface area contributed by atoms with Gasteiger partial charge in [-0.15, -0.1) is 0 Å². The van der Waals surface area contributed by atoms with E-state index in [1.54, 1.807) is 7.11 Å². The van der Waals surface area contributed by atoms with Gasteiger partial charge >= 0.3 is 6.03 Å². The van der Waals surface area contributed by atoms with E-state index in [4.69, 9.17) is 4.74 Å². The molecule has 1 saturated heterocycles. The summed E-state index contributed by atoms with van der Waals surface area (Å²) in [6, 6.07) is 7.81. The smallest absolute Gasteiger partial charge is 0.321 e. The fourth-order valence-electron chi connectivity index (χ4n) is 2.38. The number of urea groups is 1. The predicted octanol–water partition coefficient (Wildman–Crippen LogP) is 3.24. The highest BCUT2D eigenvalue weighted by Gasteiger charge is 2.15. The Labute approximate surface area is 114 Å². The van der Waals surface area contributed by atoms with Crippen LogP contribution in [-0.4, -0.2) is 31.1 Å². The summed E-state index contributed by atoms with van der Waals surface area (Å²) < 4.78 is 5.10. The molecule has 0 unspecified atom stereocenters. The molecule has 4 heteroatoms. The largest absolute Gasteiger partial charge is 0.380 e. The number of rotatable bonds is 3. The van der Waals surface area contributed by atoms with Crippen LogP contribution in [0.1, 0.15) is 31.2 Å². The van der Waals surface area contributed by atoms with Gasteiger partial charge in [0.25, 0.3) is 0 Å². The van der Waals surface area contributed by atoms with Crippen molar-refractivity contribution in [2.45, 2.75) is 32.3 Å². The lowest BCUT2D eigenvalue weighted by atomic mass is 10.2. The molecule has 0 atom stereocenters. The van der Waals surface area contributed by atoms with Gasteiger partial charge in [0.1, 0.15) is 0 Å². The van der Waals surface area contributed by atoms with Gasteiger partial charge in [0.15, 0.2) is 0 Å². The number of benzene rings is 1. The Bertz CT molecular complexity index is 412. The third-order valence-corrected chi connectivity index (χ3v) is 3.38. The van der Waals surface area contributed by atoms with Crippen LogP contribution in [0.5, 0.6) is 0 Å². The molecule has 104 valence electrons. The number of anilines is 1. The summed E-state index contributed by atoms with van der Waals surface area (Å²) in [4.78, 5) is 14.1. The maximum Gasteiger partial charge on any atom is 0.321 e. The molecule has 19 heavy (non-hydrogen) atoms.